The third-order valence-electron chi connectivity index (χ3n) is 6.09. The van der Waals surface area contributed by atoms with E-state index < -0.39 is 18.1 Å². The van der Waals surface area contributed by atoms with Crippen LogP contribution in [0.2, 0.25) is 0 Å². The van der Waals surface area contributed by atoms with E-state index in [2.05, 4.69) is 17.9 Å². The molecule has 1 aromatic heterocycles. The average molecular weight is 537 g/mol. The van der Waals surface area contributed by atoms with Crippen LogP contribution in [0.4, 0.5) is 0 Å². The number of benzene rings is 2. The fourth-order valence-electron chi connectivity index (χ4n) is 4.34. The Hall–Kier alpha value is -3.01. The van der Waals surface area contributed by atoms with Gasteiger partial charge in [-0.2, -0.15) is 12.6 Å². The molecule has 6 nitrogen and oxygen atoms in total. The number of ether oxygens (including phenoxy) is 1. The maximum Gasteiger partial charge on any atom is 0.356 e. The van der Waals surface area contributed by atoms with Gasteiger partial charge >= 0.3 is 5.97 Å². The fraction of sp³-hybridized carbons (Fsp3) is 0.222. The number of nitrogens with zero attached hydrogens (tertiary/aromatic N) is 1. The second-order valence-corrected chi connectivity index (χ2v) is 10.9. The zero-order chi connectivity index (χ0) is 25.1. The molecular weight excluding hydrogens is 513 g/mol. The van der Waals surface area contributed by atoms with Crippen molar-refractivity contribution in [2.75, 3.05) is 11.5 Å². The van der Waals surface area contributed by atoms with Crippen LogP contribution in [-0.4, -0.2) is 45.6 Å². The van der Waals surface area contributed by atoms with Crippen molar-refractivity contribution >= 4 is 53.5 Å². The number of thiophene rings is 1. The minimum atomic E-state index is -0.675. The Morgan fingerprint density at radius 1 is 1.03 bits per heavy atom. The van der Waals surface area contributed by atoms with Crippen LogP contribution in [-0.2, 0) is 25.5 Å². The molecular formula is C27H24N2O4S3. The third kappa shape index (κ3) is 4.96. The smallest absolute Gasteiger partial charge is 0.356 e. The van der Waals surface area contributed by atoms with Crippen molar-refractivity contribution in [3.8, 4) is 0 Å². The van der Waals surface area contributed by atoms with Crippen molar-refractivity contribution in [1.29, 1.82) is 0 Å². The van der Waals surface area contributed by atoms with E-state index in [-0.39, 0.29) is 29.3 Å². The van der Waals surface area contributed by atoms with Gasteiger partial charge in [0, 0.05) is 16.4 Å². The molecule has 0 aliphatic carbocycles. The summed E-state index contributed by atoms with van der Waals surface area (Å²) >= 11 is 7.43. The summed E-state index contributed by atoms with van der Waals surface area (Å²) in [6.45, 7) is 0. The minimum Gasteiger partial charge on any atom is -0.448 e. The number of β-lactam (4-membered cyclic amide) rings is 1. The van der Waals surface area contributed by atoms with Gasteiger partial charge in [0.1, 0.15) is 17.1 Å². The molecule has 9 heteroatoms. The van der Waals surface area contributed by atoms with Gasteiger partial charge in [-0.1, -0.05) is 66.7 Å². The predicted octanol–water partition coefficient (Wildman–Crippen LogP) is 4.21. The van der Waals surface area contributed by atoms with E-state index in [1.165, 1.54) is 28.0 Å². The molecule has 0 bridgehead atoms. The Kier molecular flexibility index (Phi) is 7.50. The molecule has 184 valence electrons. The van der Waals surface area contributed by atoms with Gasteiger partial charge in [-0.25, -0.2) is 4.79 Å². The first kappa shape index (κ1) is 24.7. The summed E-state index contributed by atoms with van der Waals surface area (Å²) in [5, 5.41) is 4.40. The summed E-state index contributed by atoms with van der Waals surface area (Å²) in [6, 6.07) is 22.1. The first-order valence-corrected chi connectivity index (χ1v) is 14.0. The Bertz CT molecular complexity index is 1240. The van der Waals surface area contributed by atoms with Crippen LogP contribution < -0.4 is 5.32 Å². The summed E-state index contributed by atoms with van der Waals surface area (Å²) in [7, 11) is 0. The topological polar surface area (TPSA) is 75.7 Å². The first-order valence-electron chi connectivity index (χ1n) is 11.5. The highest BCUT2D eigenvalue weighted by Gasteiger charge is 2.54. The second-order valence-electron chi connectivity index (χ2n) is 8.43. The molecule has 1 fully saturated rings. The minimum absolute atomic E-state index is 0.211. The molecule has 2 atom stereocenters. The Morgan fingerprint density at radius 3 is 2.28 bits per heavy atom. The normalized spacial score (nSPS) is 19.1. The Labute approximate surface area is 223 Å². The number of thiol groups is 1. The number of carbonyl (C=O) groups is 3. The summed E-state index contributed by atoms with van der Waals surface area (Å²) in [4.78, 5) is 41.7. The standard InChI is InChI=1S/C27H24N2O4S3/c30-21(14-20-12-7-13-35-20)28-22-25(31)29-23(19(15-34)16-36-26(22)29)27(32)33-24(17-8-3-1-4-9-17)18-10-5-2-6-11-18/h1-13,22,24,26,34H,14-16H2,(H,28,30)/t22-,26-/m1/s1. The molecule has 0 spiro atoms. The Balaban J connectivity index is 1.36. The number of esters is 1. The van der Waals surface area contributed by atoms with Crippen LogP contribution in [0.15, 0.2) is 89.4 Å². The van der Waals surface area contributed by atoms with Gasteiger partial charge in [0.15, 0.2) is 6.10 Å². The van der Waals surface area contributed by atoms with E-state index in [9.17, 15) is 14.4 Å². The van der Waals surface area contributed by atoms with Gasteiger partial charge in [0.2, 0.25) is 5.91 Å². The monoisotopic (exact) mass is 536 g/mol. The molecule has 2 aliphatic heterocycles. The lowest BCUT2D eigenvalue weighted by Gasteiger charge is -2.49. The molecule has 1 saturated heterocycles. The second kappa shape index (κ2) is 10.9. The number of carbonyl (C=O) groups excluding carboxylic acids is 3. The van der Waals surface area contributed by atoms with Crippen LogP contribution in [0.1, 0.15) is 22.1 Å². The lowest BCUT2D eigenvalue weighted by molar-refractivity contribution is -0.154. The van der Waals surface area contributed by atoms with Crippen LogP contribution >= 0.6 is 35.7 Å². The number of amides is 2. The number of rotatable bonds is 8. The summed E-state index contributed by atoms with van der Waals surface area (Å²) in [5.41, 5.74) is 2.64. The van der Waals surface area contributed by atoms with Crippen molar-refractivity contribution in [3.05, 3.63) is 105 Å². The molecule has 2 aromatic carbocycles. The average Bonchev–Trinajstić information content (AvgIpc) is 3.43. The van der Waals surface area contributed by atoms with Crippen molar-refractivity contribution in [2.24, 2.45) is 0 Å². The van der Waals surface area contributed by atoms with E-state index in [0.717, 1.165) is 21.6 Å². The molecule has 1 N–H and O–H groups in total. The lowest BCUT2D eigenvalue weighted by atomic mass is 10.0. The van der Waals surface area contributed by atoms with Crippen LogP contribution in [0.25, 0.3) is 0 Å². The van der Waals surface area contributed by atoms with Crippen LogP contribution in [0, 0.1) is 0 Å². The van der Waals surface area contributed by atoms with E-state index >= 15 is 0 Å². The molecule has 2 amide bonds. The highest BCUT2D eigenvalue weighted by Crippen LogP contribution is 2.41. The van der Waals surface area contributed by atoms with Gasteiger partial charge < -0.3 is 10.1 Å². The zero-order valence-corrected chi connectivity index (χ0v) is 21.7. The maximum atomic E-state index is 13.6. The highest BCUT2D eigenvalue weighted by molar-refractivity contribution is 8.00. The van der Waals surface area contributed by atoms with Crippen molar-refractivity contribution in [3.63, 3.8) is 0 Å². The van der Waals surface area contributed by atoms with E-state index in [0.29, 0.717) is 11.5 Å². The van der Waals surface area contributed by atoms with E-state index in [1.807, 2.05) is 78.2 Å². The number of hydrogen-bond donors (Lipinski definition) is 2. The highest BCUT2D eigenvalue weighted by atomic mass is 32.2. The molecule has 5 rings (SSSR count). The van der Waals surface area contributed by atoms with Crippen molar-refractivity contribution < 1.29 is 19.1 Å². The van der Waals surface area contributed by atoms with Crippen LogP contribution in [0.3, 0.4) is 0 Å². The number of hydrogen-bond acceptors (Lipinski definition) is 7. The summed E-state index contributed by atoms with van der Waals surface area (Å²) in [5.74, 6) is -0.240. The van der Waals surface area contributed by atoms with Gasteiger partial charge in [0.25, 0.3) is 5.91 Å². The largest absolute Gasteiger partial charge is 0.448 e. The molecule has 2 aliphatic rings. The summed E-state index contributed by atoms with van der Waals surface area (Å²) in [6.07, 6.45) is -0.402. The van der Waals surface area contributed by atoms with Gasteiger partial charge in [-0.15, -0.1) is 23.1 Å². The van der Waals surface area contributed by atoms with Gasteiger partial charge in [-0.05, 0) is 28.1 Å². The molecule has 36 heavy (non-hydrogen) atoms. The van der Waals surface area contributed by atoms with Crippen molar-refractivity contribution in [1.82, 2.24) is 10.2 Å². The number of fused-ring (bicyclic) bond motifs is 1. The summed E-state index contributed by atoms with van der Waals surface area (Å²) < 4.78 is 6.06. The van der Waals surface area contributed by atoms with Gasteiger partial charge in [-0.3, -0.25) is 14.5 Å². The quantitative estimate of drug-likeness (QED) is 0.256. The molecule has 0 radical (unpaired) electrons. The number of thioether (sulfide) groups is 1. The van der Waals surface area contributed by atoms with Gasteiger partial charge in [0.05, 0.1) is 6.42 Å². The number of nitrogens with one attached hydrogen (secondary N) is 1. The SMILES string of the molecule is O=C(Cc1cccs1)N[C@@H]1C(=O)N2C(C(=O)OC(c3ccccc3)c3ccccc3)=C(CS)CS[C@H]12. The maximum absolute atomic E-state index is 13.6. The lowest BCUT2D eigenvalue weighted by Crippen LogP contribution is -2.70. The molecule has 3 aromatic rings. The molecule has 0 unspecified atom stereocenters. The molecule has 3 heterocycles. The van der Waals surface area contributed by atoms with Crippen molar-refractivity contribution in [2.45, 2.75) is 23.9 Å². The fourth-order valence-corrected chi connectivity index (χ4v) is 6.80. The third-order valence-corrected chi connectivity index (χ3v) is 8.69. The first-order chi connectivity index (χ1) is 17.6. The Morgan fingerprint density at radius 2 is 1.69 bits per heavy atom. The van der Waals surface area contributed by atoms with E-state index in [1.54, 1.807) is 0 Å². The molecule has 0 saturated carbocycles. The zero-order valence-electron chi connectivity index (χ0n) is 19.2. The predicted molar refractivity (Wildman–Crippen MR) is 145 cm³/mol. The van der Waals surface area contributed by atoms with E-state index in [4.69, 9.17) is 4.74 Å². The van der Waals surface area contributed by atoms with Crippen LogP contribution in [0.5, 0.6) is 0 Å².